The number of thioether (sulfide) groups is 1. The second-order valence-corrected chi connectivity index (χ2v) is 8.52. The number of ether oxygens (including phenoxy) is 3. The summed E-state index contributed by atoms with van der Waals surface area (Å²) in [4.78, 5) is 35.0. The van der Waals surface area contributed by atoms with Gasteiger partial charge in [-0.25, -0.2) is 4.79 Å². The smallest absolute Gasteiger partial charge is 0.344 e. The fraction of sp³-hybridized carbons (Fsp3) is 0.750. The van der Waals surface area contributed by atoms with Crippen LogP contribution in [0.2, 0.25) is 0 Å². The highest BCUT2D eigenvalue weighted by molar-refractivity contribution is 8.01. The Morgan fingerprint density at radius 2 is 2.09 bits per heavy atom. The second kappa shape index (κ2) is 5.95. The first-order valence-electron chi connectivity index (χ1n) is 6.89. The Labute approximate surface area is 135 Å². The van der Waals surface area contributed by atoms with Crippen LogP contribution in [0.3, 0.4) is 0 Å². The number of carbonyl (C=O) groups excluding carboxylic acids is 3. The Balaban J connectivity index is 1.45. The van der Waals surface area contributed by atoms with Crippen LogP contribution in [-0.4, -0.2) is 66.4 Å². The molecule has 5 atom stereocenters. The lowest BCUT2D eigenvalue weighted by Crippen LogP contribution is -2.39. The number of hydrogen-bond acceptors (Lipinski definition) is 9. The van der Waals surface area contributed by atoms with Gasteiger partial charge >= 0.3 is 17.9 Å². The number of esters is 3. The molecule has 0 aromatic rings. The minimum absolute atomic E-state index is 0.0215. The zero-order valence-electron chi connectivity index (χ0n) is 11.7. The number of carbonyl (C=O) groups is 3. The van der Waals surface area contributed by atoms with Gasteiger partial charge in [0.15, 0.2) is 6.61 Å². The SMILES string of the molecule is O=C(COC(=O)C1C2CC3C(=O)OC1C3S2)OCCS(=O)(=O)O. The van der Waals surface area contributed by atoms with Gasteiger partial charge in [-0.3, -0.25) is 14.1 Å². The predicted molar refractivity (Wildman–Crippen MR) is 75.0 cm³/mol. The van der Waals surface area contributed by atoms with Crippen molar-refractivity contribution in [1.29, 1.82) is 0 Å². The Morgan fingerprint density at radius 1 is 1.35 bits per heavy atom. The summed E-state index contributed by atoms with van der Waals surface area (Å²) in [5, 5.41) is -0.0729. The third kappa shape index (κ3) is 3.31. The number of rotatable bonds is 6. The van der Waals surface area contributed by atoms with Crippen LogP contribution in [0.25, 0.3) is 0 Å². The van der Waals surface area contributed by atoms with Crippen LogP contribution in [0, 0.1) is 11.8 Å². The molecule has 0 spiro atoms. The van der Waals surface area contributed by atoms with Gasteiger partial charge in [-0.2, -0.15) is 8.42 Å². The molecule has 0 aliphatic carbocycles. The molecular weight excluding hydrogens is 352 g/mol. The second-order valence-electron chi connectivity index (χ2n) is 5.52. The summed E-state index contributed by atoms with van der Waals surface area (Å²) in [7, 11) is -4.22. The van der Waals surface area contributed by atoms with Gasteiger partial charge in [0.1, 0.15) is 24.4 Å². The number of hydrogen-bond donors (Lipinski definition) is 1. The highest BCUT2D eigenvalue weighted by Crippen LogP contribution is 2.57. The maximum Gasteiger partial charge on any atom is 0.344 e. The van der Waals surface area contributed by atoms with Crippen molar-refractivity contribution in [2.24, 2.45) is 11.8 Å². The molecule has 0 radical (unpaired) electrons. The maximum absolute atomic E-state index is 12.1. The molecule has 0 amide bonds. The first-order valence-corrected chi connectivity index (χ1v) is 9.45. The standard InChI is InChI=1S/C12H14O9S2/c13-7(19-1-2-23(16,17)18)4-20-12(15)8-6-3-5-10(22-6)9(8)21-11(5)14/h5-6,8-10H,1-4H2,(H,16,17,18). The van der Waals surface area contributed by atoms with Crippen molar-refractivity contribution in [3.8, 4) is 0 Å². The summed E-state index contributed by atoms with van der Waals surface area (Å²) in [5.41, 5.74) is 0. The van der Waals surface area contributed by atoms with Gasteiger partial charge in [-0.05, 0) is 6.42 Å². The Morgan fingerprint density at radius 3 is 2.78 bits per heavy atom. The van der Waals surface area contributed by atoms with E-state index in [1.54, 1.807) is 11.8 Å². The highest BCUT2D eigenvalue weighted by atomic mass is 32.2. The van der Waals surface area contributed by atoms with Crippen LogP contribution in [0.15, 0.2) is 0 Å². The van der Waals surface area contributed by atoms with Crippen LogP contribution in [0.4, 0.5) is 0 Å². The molecule has 3 rings (SSSR count). The summed E-state index contributed by atoms with van der Waals surface area (Å²) in [6, 6.07) is 0. The molecule has 3 saturated heterocycles. The summed E-state index contributed by atoms with van der Waals surface area (Å²) in [6.07, 6.45) is 0.0720. The maximum atomic E-state index is 12.1. The van der Waals surface area contributed by atoms with E-state index < -0.39 is 53.0 Å². The third-order valence-corrected chi connectivity index (χ3v) is 6.49. The van der Waals surface area contributed by atoms with Gasteiger partial charge in [0.2, 0.25) is 0 Å². The first kappa shape index (κ1) is 16.5. The lowest BCUT2D eigenvalue weighted by Gasteiger charge is -2.21. The van der Waals surface area contributed by atoms with Crippen molar-refractivity contribution < 1.29 is 41.6 Å². The predicted octanol–water partition coefficient (Wildman–Crippen LogP) is -0.994. The molecule has 0 aromatic carbocycles. The molecular formula is C12H14O9S2. The molecule has 1 N–H and O–H groups in total. The zero-order chi connectivity index (χ0) is 16.8. The van der Waals surface area contributed by atoms with E-state index in [0.717, 1.165) is 0 Å². The summed E-state index contributed by atoms with van der Waals surface area (Å²) >= 11 is 1.54. The van der Waals surface area contributed by atoms with Gasteiger partial charge in [0.25, 0.3) is 10.1 Å². The van der Waals surface area contributed by atoms with E-state index in [1.165, 1.54) is 0 Å². The molecule has 0 saturated carbocycles. The van der Waals surface area contributed by atoms with Crippen LogP contribution >= 0.6 is 11.8 Å². The van der Waals surface area contributed by atoms with E-state index in [0.29, 0.717) is 6.42 Å². The fourth-order valence-electron chi connectivity index (χ4n) is 3.10. The van der Waals surface area contributed by atoms with Crippen LogP contribution in [-0.2, 0) is 38.7 Å². The molecule has 11 heteroatoms. The lowest BCUT2D eigenvalue weighted by atomic mass is 9.82. The molecule has 3 aliphatic rings. The Hall–Kier alpha value is -1.33. The molecule has 2 bridgehead atoms. The summed E-state index contributed by atoms with van der Waals surface area (Å²) in [5.74, 6) is -3.29. The lowest BCUT2D eigenvalue weighted by molar-refractivity contribution is -0.164. The topological polar surface area (TPSA) is 133 Å². The average molecular weight is 366 g/mol. The van der Waals surface area contributed by atoms with Crippen molar-refractivity contribution in [2.45, 2.75) is 23.0 Å². The third-order valence-electron chi connectivity index (χ3n) is 4.06. The molecule has 3 fully saturated rings. The molecule has 128 valence electrons. The van der Waals surface area contributed by atoms with E-state index in [9.17, 15) is 22.8 Å². The molecule has 23 heavy (non-hydrogen) atoms. The minimum Gasteiger partial charge on any atom is -0.462 e. The van der Waals surface area contributed by atoms with Crippen LogP contribution in [0.5, 0.6) is 0 Å². The van der Waals surface area contributed by atoms with Crippen LogP contribution in [0.1, 0.15) is 6.42 Å². The van der Waals surface area contributed by atoms with Crippen molar-refractivity contribution in [1.82, 2.24) is 0 Å². The normalized spacial score (nSPS) is 34.3. The highest BCUT2D eigenvalue weighted by Gasteiger charge is 2.65. The van der Waals surface area contributed by atoms with E-state index in [1.807, 2.05) is 0 Å². The number of fused-ring (bicyclic) bond motifs is 1. The van der Waals surface area contributed by atoms with Gasteiger partial charge in [0, 0.05) is 5.25 Å². The van der Waals surface area contributed by atoms with E-state index >= 15 is 0 Å². The zero-order valence-corrected chi connectivity index (χ0v) is 13.4. The minimum atomic E-state index is -4.22. The molecule has 3 aliphatic heterocycles. The Kier molecular flexibility index (Phi) is 4.27. The van der Waals surface area contributed by atoms with Gasteiger partial charge in [-0.15, -0.1) is 11.8 Å². The first-order chi connectivity index (χ1) is 10.8. The largest absolute Gasteiger partial charge is 0.462 e. The van der Waals surface area contributed by atoms with E-state index in [-0.39, 0.29) is 22.4 Å². The van der Waals surface area contributed by atoms with Crippen LogP contribution < -0.4 is 0 Å². The average Bonchev–Trinajstić information content (AvgIpc) is 3.05. The Bertz CT molecular complexity index is 643. The summed E-state index contributed by atoms with van der Waals surface area (Å²) < 4.78 is 44.0. The fourth-order valence-corrected chi connectivity index (χ4v) is 5.34. The van der Waals surface area contributed by atoms with Gasteiger partial charge < -0.3 is 14.2 Å². The van der Waals surface area contributed by atoms with Gasteiger partial charge in [0.05, 0.1) is 11.2 Å². The van der Waals surface area contributed by atoms with Crippen molar-refractivity contribution in [2.75, 3.05) is 19.0 Å². The molecule has 5 unspecified atom stereocenters. The summed E-state index contributed by atoms with van der Waals surface area (Å²) in [6.45, 7) is -1.19. The molecule has 9 nitrogen and oxygen atoms in total. The molecule has 3 heterocycles. The van der Waals surface area contributed by atoms with Crippen molar-refractivity contribution in [3.05, 3.63) is 0 Å². The quantitative estimate of drug-likeness (QED) is 0.355. The molecule has 0 aromatic heterocycles. The van der Waals surface area contributed by atoms with Crippen molar-refractivity contribution >= 4 is 39.8 Å². The van der Waals surface area contributed by atoms with Crippen molar-refractivity contribution in [3.63, 3.8) is 0 Å². The van der Waals surface area contributed by atoms with E-state index in [4.69, 9.17) is 14.0 Å². The van der Waals surface area contributed by atoms with E-state index in [2.05, 4.69) is 4.74 Å². The monoisotopic (exact) mass is 366 g/mol. The van der Waals surface area contributed by atoms with Gasteiger partial charge in [-0.1, -0.05) is 0 Å².